The number of aryl methyl sites for hydroxylation is 1. The number of aromatic nitrogens is 5. The summed E-state index contributed by atoms with van der Waals surface area (Å²) >= 11 is 7.60. The first-order chi connectivity index (χ1) is 16.2. The first-order valence-electron chi connectivity index (χ1n) is 10.0. The average molecular weight is 502 g/mol. The van der Waals surface area contributed by atoms with Crippen molar-refractivity contribution < 1.29 is 13.2 Å². The summed E-state index contributed by atoms with van der Waals surface area (Å²) in [5.41, 5.74) is 1.62. The number of benzene rings is 1. The monoisotopic (exact) mass is 501 g/mol. The molecule has 0 aliphatic heterocycles. The van der Waals surface area contributed by atoms with E-state index < -0.39 is 17.6 Å². The van der Waals surface area contributed by atoms with Gasteiger partial charge < -0.3 is 0 Å². The van der Waals surface area contributed by atoms with E-state index in [4.69, 9.17) is 11.6 Å². The minimum absolute atomic E-state index is 0.0491. The molecule has 0 bridgehead atoms. The third kappa shape index (κ3) is 4.10. The van der Waals surface area contributed by atoms with E-state index in [0.29, 0.717) is 16.2 Å². The molecule has 6 nitrogen and oxygen atoms in total. The van der Waals surface area contributed by atoms with Crippen LogP contribution in [0.25, 0.3) is 27.2 Å². The van der Waals surface area contributed by atoms with Crippen LogP contribution in [0.1, 0.15) is 16.1 Å². The second kappa shape index (κ2) is 8.37. The molecule has 0 unspecified atom stereocenters. The summed E-state index contributed by atoms with van der Waals surface area (Å²) in [6, 6.07) is 13.4. The van der Waals surface area contributed by atoms with Gasteiger partial charge in [0.2, 0.25) is 0 Å². The highest BCUT2D eigenvalue weighted by molar-refractivity contribution is 7.15. The molecule has 0 radical (unpaired) electrons. The minimum atomic E-state index is -4.53. The number of rotatable bonds is 4. The van der Waals surface area contributed by atoms with E-state index >= 15 is 0 Å². The average Bonchev–Trinajstić information content (AvgIpc) is 3.37. The summed E-state index contributed by atoms with van der Waals surface area (Å²) in [6.45, 7) is 1.93. The molecule has 5 rings (SSSR count). The molecule has 1 aromatic carbocycles. The Balaban J connectivity index is 1.65. The molecule has 0 saturated heterocycles. The van der Waals surface area contributed by atoms with E-state index in [9.17, 15) is 18.0 Å². The number of halogens is 4. The van der Waals surface area contributed by atoms with Crippen molar-refractivity contribution in [3.05, 3.63) is 92.6 Å². The van der Waals surface area contributed by atoms with Crippen LogP contribution in [-0.2, 0) is 12.7 Å². The first kappa shape index (κ1) is 22.3. The second-order valence-electron chi connectivity index (χ2n) is 7.58. The molecular formula is C23H15ClF3N5OS. The summed E-state index contributed by atoms with van der Waals surface area (Å²) in [5, 5.41) is 9.41. The van der Waals surface area contributed by atoms with Crippen LogP contribution in [0.15, 0.2) is 65.7 Å². The number of hydrogen-bond donors (Lipinski definition) is 0. The van der Waals surface area contributed by atoms with E-state index in [1.165, 1.54) is 15.3 Å². The Morgan fingerprint density at radius 3 is 2.41 bits per heavy atom. The molecule has 0 spiro atoms. The zero-order chi connectivity index (χ0) is 24.0. The number of thiophene rings is 1. The van der Waals surface area contributed by atoms with Crippen LogP contribution in [0.5, 0.6) is 0 Å². The molecule has 34 heavy (non-hydrogen) atoms. The lowest BCUT2D eigenvalue weighted by Crippen LogP contribution is -2.23. The van der Waals surface area contributed by atoms with Gasteiger partial charge in [0, 0.05) is 32.1 Å². The molecule has 4 heterocycles. The molecular weight excluding hydrogens is 487 g/mol. The van der Waals surface area contributed by atoms with Crippen molar-refractivity contribution in [3.8, 4) is 21.6 Å². The lowest BCUT2D eigenvalue weighted by atomic mass is 10.0. The minimum Gasteiger partial charge on any atom is -0.251 e. The summed E-state index contributed by atoms with van der Waals surface area (Å²) < 4.78 is 40.8. The molecule has 0 fully saturated rings. The predicted octanol–water partition coefficient (Wildman–Crippen LogP) is 5.71. The quantitative estimate of drug-likeness (QED) is 0.316. The second-order valence-corrected chi connectivity index (χ2v) is 9.30. The van der Waals surface area contributed by atoms with E-state index in [0.717, 1.165) is 38.7 Å². The van der Waals surface area contributed by atoms with Gasteiger partial charge in [-0.15, -0.1) is 16.4 Å². The van der Waals surface area contributed by atoms with Gasteiger partial charge in [-0.1, -0.05) is 29.8 Å². The fourth-order valence-corrected chi connectivity index (χ4v) is 4.63. The number of pyridine rings is 1. The van der Waals surface area contributed by atoms with Crippen molar-refractivity contribution in [1.82, 2.24) is 24.4 Å². The fourth-order valence-electron chi connectivity index (χ4n) is 3.58. The smallest absolute Gasteiger partial charge is 0.251 e. The Hall–Kier alpha value is -3.50. The normalized spacial score (nSPS) is 11.9. The standard InChI is InChI=1S/C23H15ClF3N5OS/c1-13-2-8-18(34-13)20-17(15-4-6-16(24)7-5-15)11-29-32-21(20)30-31(22(32)33)12-14-3-9-19(28-10-14)23(25,26)27/h2-11H,12H2,1H3. The van der Waals surface area contributed by atoms with E-state index in [-0.39, 0.29) is 6.54 Å². The van der Waals surface area contributed by atoms with Gasteiger partial charge in [0.15, 0.2) is 5.65 Å². The Morgan fingerprint density at radius 1 is 1.03 bits per heavy atom. The molecule has 4 aromatic heterocycles. The van der Waals surface area contributed by atoms with E-state index in [2.05, 4.69) is 15.2 Å². The van der Waals surface area contributed by atoms with Gasteiger partial charge in [-0.3, -0.25) is 4.98 Å². The molecule has 172 valence electrons. The van der Waals surface area contributed by atoms with Crippen LogP contribution >= 0.6 is 22.9 Å². The van der Waals surface area contributed by atoms with Crippen LogP contribution in [0.4, 0.5) is 13.2 Å². The molecule has 0 amide bonds. The van der Waals surface area contributed by atoms with E-state index in [1.807, 2.05) is 31.2 Å². The van der Waals surface area contributed by atoms with Gasteiger partial charge >= 0.3 is 11.9 Å². The number of hydrogen-bond acceptors (Lipinski definition) is 5. The van der Waals surface area contributed by atoms with E-state index in [1.54, 1.807) is 29.7 Å². The summed E-state index contributed by atoms with van der Waals surface area (Å²) in [5.74, 6) is 0. The number of nitrogens with zero attached hydrogens (tertiary/aromatic N) is 5. The van der Waals surface area contributed by atoms with Gasteiger partial charge in [0.25, 0.3) is 0 Å². The van der Waals surface area contributed by atoms with Gasteiger partial charge in [0.05, 0.1) is 12.7 Å². The molecule has 11 heteroatoms. The lowest BCUT2D eigenvalue weighted by molar-refractivity contribution is -0.141. The Labute approximate surface area is 199 Å². The highest BCUT2D eigenvalue weighted by Gasteiger charge is 2.32. The maximum Gasteiger partial charge on any atom is 0.433 e. The molecule has 0 saturated carbocycles. The largest absolute Gasteiger partial charge is 0.433 e. The SMILES string of the molecule is Cc1ccc(-c2c(-c3ccc(Cl)cc3)cnn3c(=O)n(Cc4ccc(C(F)(F)F)nc4)nc23)s1. The Bertz CT molecular complexity index is 1550. The van der Waals surface area contributed by atoms with Gasteiger partial charge in [-0.25, -0.2) is 9.48 Å². The molecule has 0 atom stereocenters. The number of alkyl halides is 3. The van der Waals surface area contributed by atoms with Gasteiger partial charge in [0.1, 0.15) is 5.69 Å². The number of fused-ring (bicyclic) bond motifs is 1. The van der Waals surface area contributed by atoms with Crippen molar-refractivity contribution in [2.45, 2.75) is 19.6 Å². The van der Waals surface area contributed by atoms with Crippen LogP contribution in [0.2, 0.25) is 5.02 Å². The van der Waals surface area contributed by atoms with Gasteiger partial charge in [-0.05, 0) is 48.4 Å². The van der Waals surface area contributed by atoms with Crippen molar-refractivity contribution in [2.24, 2.45) is 0 Å². The van der Waals surface area contributed by atoms with Crippen molar-refractivity contribution in [1.29, 1.82) is 0 Å². The van der Waals surface area contributed by atoms with Crippen LogP contribution in [-0.4, -0.2) is 24.4 Å². The van der Waals surface area contributed by atoms with Crippen LogP contribution in [0.3, 0.4) is 0 Å². The molecule has 0 aliphatic carbocycles. The van der Waals surface area contributed by atoms with Crippen LogP contribution in [0, 0.1) is 6.92 Å². The molecule has 5 aromatic rings. The molecule has 0 N–H and O–H groups in total. The van der Waals surface area contributed by atoms with Gasteiger partial charge in [-0.2, -0.15) is 22.8 Å². The van der Waals surface area contributed by atoms with Crippen molar-refractivity contribution >= 4 is 28.6 Å². The highest BCUT2D eigenvalue weighted by atomic mass is 35.5. The maximum atomic E-state index is 13.0. The fraction of sp³-hybridized carbons (Fsp3) is 0.130. The predicted molar refractivity (Wildman–Crippen MR) is 124 cm³/mol. The topological polar surface area (TPSA) is 65.1 Å². The third-order valence-electron chi connectivity index (χ3n) is 5.20. The summed E-state index contributed by atoms with van der Waals surface area (Å²) in [7, 11) is 0. The summed E-state index contributed by atoms with van der Waals surface area (Å²) in [6.07, 6.45) is -1.84. The lowest BCUT2D eigenvalue weighted by Gasteiger charge is -2.09. The highest BCUT2D eigenvalue weighted by Crippen LogP contribution is 2.38. The van der Waals surface area contributed by atoms with Crippen molar-refractivity contribution in [3.63, 3.8) is 0 Å². The Kier molecular flexibility index (Phi) is 5.49. The Morgan fingerprint density at radius 2 is 1.79 bits per heavy atom. The zero-order valence-corrected chi connectivity index (χ0v) is 19.1. The first-order valence-corrected chi connectivity index (χ1v) is 11.2. The van der Waals surface area contributed by atoms with Crippen LogP contribution < -0.4 is 5.69 Å². The summed E-state index contributed by atoms with van der Waals surface area (Å²) in [4.78, 5) is 18.5. The third-order valence-corrected chi connectivity index (χ3v) is 6.47. The maximum absolute atomic E-state index is 13.0. The van der Waals surface area contributed by atoms with Crippen molar-refractivity contribution in [2.75, 3.05) is 0 Å². The molecule has 0 aliphatic rings. The zero-order valence-electron chi connectivity index (χ0n) is 17.5.